The summed E-state index contributed by atoms with van der Waals surface area (Å²) in [4.78, 5) is 18.1. The Labute approximate surface area is 143 Å². The molecule has 3 heterocycles. The maximum atomic E-state index is 11.8. The summed E-state index contributed by atoms with van der Waals surface area (Å²) in [6.45, 7) is 4.46. The molecule has 3 atom stereocenters. The van der Waals surface area contributed by atoms with Gasteiger partial charge in [0.15, 0.2) is 0 Å². The Morgan fingerprint density at radius 1 is 1.33 bits per heavy atom. The first-order chi connectivity index (χ1) is 11.7. The number of hydrogen-bond acceptors (Lipinski definition) is 3. The molecule has 0 amide bonds. The van der Waals surface area contributed by atoms with Crippen LogP contribution in [0.2, 0.25) is 0 Å². The van der Waals surface area contributed by atoms with Crippen molar-refractivity contribution in [2.45, 2.75) is 38.6 Å². The normalized spacial score (nSPS) is 26.8. The maximum absolute atomic E-state index is 11.8. The van der Waals surface area contributed by atoms with E-state index in [0.29, 0.717) is 24.3 Å². The minimum Gasteiger partial charge on any atom is -0.469 e. The summed E-state index contributed by atoms with van der Waals surface area (Å²) in [5, 5.41) is 1.37. The molecule has 4 nitrogen and oxygen atoms in total. The molecule has 0 spiro atoms. The fraction of sp³-hybridized carbons (Fsp3) is 0.550. The number of fused-ring (bicyclic) bond motifs is 5. The minimum atomic E-state index is -0.0698. The van der Waals surface area contributed by atoms with Crippen LogP contribution in [0.25, 0.3) is 10.9 Å². The van der Waals surface area contributed by atoms with Crippen molar-refractivity contribution in [2.24, 2.45) is 11.8 Å². The molecular formula is C20H26N2O2. The molecule has 0 saturated carbocycles. The SMILES string of the molecule is CC[C@@H]1CN2CCc3c([nH]c4ccccc34)[C@@H]2C[C@@H]1CC(=O)OC. The maximum Gasteiger partial charge on any atom is 0.305 e. The Kier molecular flexibility index (Phi) is 4.09. The van der Waals surface area contributed by atoms with Crippen molar-refractivity contribution in [1.82, 2.24) is 9.88 Å². The Morgan fingerprint density at radius 2 is 2.17 bits per heavy atom. The summed E-state index contributed by atoms with van der Waals surface area (Å²) in [6, 6.07) is 9.02. The lowest BCUT2D eigenvalue weighted by molar-refractivity contribution is -0.143. The smallest absolute Gasteiger partial charge is 0.305 e. The number of carbonyl (C=O) groups is 1. The van der Waals surface area contributed by atoms with E-state index in [4.69, 9.17) is 4.74 Å². The summed E-state index contributed by atoms with van der Waals surface area (Å²) in [6.07, 6.45) is 3.85. The van der Waals surface area contributed by atoms with Gasteiger partial charge in [0.25, 0.3) is 0 Å². The number of nitrogens with zero attached hydrogens (tertiary/aromatic N) is 1. The number of esters is 1. The van der Waals surface area contributed by atoms with Crippen LogP contribution in [0.15, 0.2) is 24.3 Å². The van der Waals surface area contributed by atoms with Crippen LogP contribution in [0.5, 0.6) is 0 Å². The number of piperidine rings is 1. The average molecular weight is 326 g/mol. The third kappa shape index (κ3) is 2.53. The molecule has 0 aliphatic carbocycles. The fourth-order valence-corrected chi connectivity index (χ4v) is 4.79. The van der Waals surface area contributed by atoms with Gasteiger partial charge in [0.2, 0.25) is 0 Å². The van der Waals surface area contributed by atoms with Gasteiger partial charge in [-0.2, -0.15) is 0 Å². The molecular weight excluding hydrogens is 300 g/mol. The highest BCUT2D eigenvalue weighted by atomic mass is 16.5. The van der Waals surface area contributed by atoms with Gasteiger partial charge in [-0.05, 0) is 36.3 Å². The number of carbonyl (C=O) groups excluding carboxylic acids is 1. The van der Waals surface area contributed by atoms with Crippen molar-refractivity contribution in [1.29, 1.82) is 0 Å². The van der Waals surface area contributed by atoms with Gasteiger partial charge in [0.1, 0.15) is 0 Å². The molecule has 2 aliphatic heterocycles. The number of benzene rings is 1. The number of aromatic nitrogens is 1. The zero-order valence-corrected chi connectivity index (χ0v) is 14.5. The second kappa shape index (κ2) is 6.25. The van der Waals surface area contributed by atoms with E-state index in [9.17, 15) is 4.79 Å². The molecule has 24 heavy (non-hydrogen) atoms. The van der Waals surface area contributed by atoms with Crippen LogP contribution in [0, 0.1) is 11.8 Å². The first-order valence-electron chi connectivity index (χ1n) is 9.11. The van der Waals surface area contributed by atoms with E-state index in [0.717, 1.165) is 32.4 Å². The van der Waals surface area contributed by atoms with E-state index in [-0.39, 0.29) is 5.97 Å². The van der Waals surface area contributed by atoms with E-state index in [1.165, 1.54) is 29.3 Å². The number of nitrogens with one attached hydrogen (secondary N) is 1. The molecule has 1 saturated heterocycles. The Morgan fingerprint density at radius 3 is 2.96 bits per heavy atom. The first kappa shape index (κ1) is 15.7. The van der Waals surface area contributed by atoms with Gasteiger partial charge >= 0.3 is 5.97 Å². The molecule has 4 rings (SSSR count). The lowest BCUT2D eigenvalue weighted by atomic mass is 9.76. The summed E-state index contributed by atoms with van der Waals surface area (Å²) in [7, 11) is 1.49. The number of rotatable bonds is 3. The molecule has 2 aliphatic rings. The summed E-state index contributed by atoms with van der Waals surface area (Å²) < 4.78 is 4.94. The zero-order valence-electron chi connectivity index (χ0n) is 14.5. The molecule has 2 aromatic rings. The predicted octanol–water partition coefficient (Wildman–Crippen LogP) is 3.68. The second-order valence-corrected chi connectivity index (χ2v) is 7.27. The van der Waals surface area contributed by atoms with Gasteiger partial charge in [-0.3, -0.25) is 9.69 Å². The van der Waals surface area contributed by atoms with Crippen LogP contribution in [0.1, 0.15) is 43.5 Å². The number of para-hydroxylation sites is 1. The fourth-order valence-electron chi connectivity index (χ4n) is 4.79. The van der Waals surface area contributed by atoms with Crippen molar-refractivity contribution in [3.8, 4) is 0 Å². The van der Waals surface area contributed by atoms with Crippen LogP contribution >= 0.6 is 0 Å². The van der Waals surface area contributed by atoms with E-state index >= 15 is 0 Å². The van der Waals surface area contributed by atoms with Crippen LogP contribution in [0.4, 0.5) is 0 Å². The molecule has 128 valence electrons. The molecule has 1 N–H and O–H groups in total. The number of hydrogen-bond donors (Lipinski definition) is 1. The standard InChI is InChI=1S/C20H26N2O2/c1-3-13-12-22-9-8-16-15-6-4-5-7-17(15)21-20(16)18(22)10-14(13)11-19(23)24-2/h4-7,13-14,18,21H,3,8-12H2,1-2H3/t13-,14-,18+/m1/s1. The van der Waals surface area contributed by atoms with Gasteiger partial charge in [0.05, 0.1) is 13.2 Å². The van der Waals surface area contributed by atoms with Gasteiger partial charge in [-0.1, -0.05) is 31.5 Å². The van der Waals surface area contributed by atoms with Gasteiger partial charge in [-0.15, -0.1) is 0 Å². The number of ether oxygens (including phenoxy) is 1. The Hall–Kier alpha value is -1.81. The lowest BCUT2D eigenvalue weighted by Crippen LogP contribution is -2.46. The van der Waals surface area contributed by atoms with Crippen LogP contribution in [-0.4, -0.2) is 36.1 Å². The number of aromatic amines is 1. The minimum absolute atomic E-state index is 0.0698. The van der Waals surface area contributed by atoms with Crippen molar-refractivity contribution < 1.29 is 9.53 Å². The van der Waals surface area contributed by atoms with E-state index < -0.39 is 0 Å². The van der Waals surface area contributed by atoms with E-state index in [1.54, 1.807) is 0 Å². The van der Waals surface area contributed by atoms with Crippen molar-refractivity contribution in [2.75, 3.05) is 20.2 Å². The highest BCUT2D eigenvalue weighted by Crippen LogP contribution is 2.44. The van der Waals surface area contributed by atoms with E-state index in [2.05, 4.69) is 41.1 Å². The summed E-state index contributed by atoms with van der Waals surface area (Å²) in [5.41, 5.74) is 4.11. The topological polar surface area (TPSA) is 45.3 Å². The van der Waals surface area contributed by atoms with Crippen molar-refractivity contribution in [3.63, 3.8) is 0 Å². The second-order valence-electron chi connectivity index (χ2n) is 7.27. The van der Waals surface area contributed by atoms with Crippen LogP contribution in [-0.2, 0) is 16.0 Å². The Balaban J connectivity index is 1.67. The molecule has 0 unspecified atom stereocenters. The molecule has 4 heteroatoms. The lowest BCUT2D eigenvalue weighted by Gasteiger charge is -2.46. The molecule has 1 aromatic carbocycles. The van der Waals surface area contributed by atoms with Crippen LogP contribution in [0.3, 0.4) is 0 Å². The average Bonchev–Trinajstić information content (AvgIpc) is 3.00. The van der Waals surface area contributed by atoms with Gasteiger partial charge in [-0.25, -0.2) is 0 Å². The predicted molar refractivity (Wildman–Crippen MR) is 94.8 cm³/mol. The quantitative estimate of drug-likeness (QED) is 0.875. The van der Waals surface area contributed by atoms with Crippen LogP contribution < -0.4 is 0 Å². The third-order valence-electron chi connectivity index (χ3n) is 6.11. The van der Waals surface area contributed by atoms with E-state index in [1.807, 2.05) is 0 Å². The molecule has 0 radical (unpaired) electrons. The Bertz CT molecular complexity index is 751. The highest BCUT2D eigenvalue weighted by molar-refractivity contribution is 5.85. The molecule has 1 aromatic heterocycles. The first-order valence-corrected chi connectivity index (χ1v) is 9.11. The zero-order chi connectivity index (χ0) is 16.7. The van der Waals surface area contributed by atoms with Crippen molar-refractivity contribution in [3.05, 3.63) is 35.5 Å². The monoisotopic (exact) mass is 326 g/mol. The number of methoxy groups -OCH3 is 1. The van der Waals surface area contributed by atoms with Gasteiger partial charge in [0, 0.05) is 36.1 Å². The molecule has 1 fully saturated rings. The summed E-state index contributed by atoms with van der Waals surface area (Å²) >= 11 is 0. The molecule has 0 bridgehead atoms. The highest BCUT2D eigenvalue weighted by Gasteiger charge is 2.40. The van der Waals surface area contributed by atoms with Crippen molar-refractivity contribution >= 4 is 16.9 Å². The van der Waals surface area contributed by atoms with Gasteiger partial charge < -0.3 is 9.72 Å². The number of H-pyrrole nitrogens is 1. The largest absolute Gasteiger partial charge is 0.469 e. The summed E-state index contributed by atoms with van der Waals surface area (Å²) in [5.74, 6) is 0.937. The third-order valence-corrected chi connectivity index (χ3v) is 6.11.